The molecule has 1 aromatic carbocycles. The summed E-state index contributed by atoms with van der Waals surface area (Å²) in [4.78, 5) is 2.13. The monoisotopic (exact) mass is 272 g/mol. The summed E-state index contributed by atoms with van der Waals surface area (Å²) in [7, 11) is 0. The molecule has 2 rings (SSSR count). The molecule has 1 fully saturated rings. The maximum atomic E-state index is 10.3. The van der Waals surface area contributed by atoms with E-state index >= 15 is 0 Å². The zero-order valence-corrected chi connectivity index (χ0v) is 12.0. The largest absolute Gasteiger partial charge is 0.391 e. The first kappa shape index (κ1) is 14.9. The molecule has 0 amide bonds. The van der Waals surface area contributed by atoms with Gasteiger partial charge in [0, 0.05) is 18.8 Å². The third kappa shape index (κ3) is 4.54. The van der Waals surface area contributed by atoms with Crippen LogP contribution in [0.4, 0.5) is 5.69 Å². The molecule has 1 atom stereocenters. The van der Waals surface area contributed by atoms with Gasteiger partial charge in [0.1, 0.15) is 0 Å². The number of benzene rings is 1. The number of rotatable bonds is 7. The van der Waals surface area contributed by atoms with Crippen molar-refractivity contribution in [3.63, 3.8) is 0 Å². The standard InChI is InChI=1S/C17H24N2O/c18-11-6-12-19(16-9-2-1-3-10-16)14-17(20)13-15-7-4-5-8-15/h1-3,9-10,15,17,20H,4-8,12-14H2. The van der Waals surface area contributed by atoms with Crippen LogP contribution in [0.15, 0.2) is 30.3 Å². The molecule has 20 heavy (non-hydrogen) atoms. The molecular weight excluding hydrogens is 248 g/mol. The first-order valence-corrected chi connectivity index (χ1v) is 7.64. The van der Waals surface area contributed by atoms with Crippen LogP contribution in [-0.4, -0.2) is 24.3 Å². The van der Waals surface area contributed by atoms with E-state index < -0.39 is 0 Å². The predicted molar refractivity (Wildman–Crippen MR) is 81.5 cm³/mol. The van der Waals surface area contributed by atoms with Crippen LogP contribution < -0.4 is 4.90 Å². The van der Waals surface area contributed by atoms with Gasteiger partial charge in [0.05, 0.1) is 18.6 Å². The number of hydrogen-bond donors (Lipinski definition) is 1. The van der Waals surface area contributed by atoms with Gasteiger partial charge < -0.3 is 10.0 Å². The number of nitrogens with zero attached hydrogens (tertiary/aromatic N) is 2. The van der Waals surface area contributed by atoms with E-state index in [9.17, 15) is 5.11 Å². The lowest BCUT2D eigenvalue weighted by Gasteiger charge is -2.27. The smallest absolute Gasteiger partial charge is 0.0717 e. The van der Waals surface area contributed by atoms with E-state index in [0.717, 1.165) is 12.1 Å². The van der Waals surface area contributed by atoms with Crippen molar-refractivity contribution in [1.82, 2.24) is 0 Å². The molecule has 3 heteroatoms. The van der Waals surface area contributed by atoms with Gasteiger partial charge in [0.15, 0.2) is 0 Å². The Labute approximate surface area is 121 Å². The summed E-state index contributed by atoms with van der Waals surface area (Å²) in [6, 6.07) is 12.3. The second-order valence-corrected chi connectivity index (χ2v) is 5.73. The number of para-hydroxylation sites is 1. The molecule has 1 unspecified atom stereocenters. The Morgan fingerprint density at radius 2 is 1.95 bits per heavy atom. The van der Waals surface area contributed by atoms with Gasteiger partial charge >= 0.3 is 0 Å². The zero-order chi connectivity index (χ0) is 14.2. The summed E-state index contributed by atoms with van der Waals surface area (Å²) in [6.45, 7) is 1.31. The number of aliphatic hydroxyl groups excluding tert-OH is 1. The van der Waals surface area contributed by atoms with Crippen molar-refractivity contribution >= 4 is 5.69 Å². The first-order valence-electron chi connectivity index (χ1n) is 7.64. The van der Waals surface area contributed by atoms with Gasteiger partial charge in [-0.05, 0) is 24.5 Å². The van der Waals surface area contributed by atoms with E-state index in [1.807, 2.05) is 30.3 Å². The number of hydrogen-bond acceptors (Lipinski definition) is 3. The summed E-state index contributed by atoms with van der Waals surface area (Å²) in [6.07, 6.45) is 6.25. The van der Waals surface area contributed by atoms with Gasteiger partial charge in [-0.3, -0.25) is 0 Å². The Balaban J connectivity index is 1.91. The summed E-state index contributed by atoms with van der Waals surface area (Å²) < 4.78 is 0. The fourth-order valence-electron chi connectivity index (χ4n) is 3.11. The third-order valence-corrected chi connectivity index (χ3v) is 4.13. The third-order valence-electron chi connectivity index (χ3n) is 4.13. The van der Waals surface area contributed by atoms with Crippen LogP contribution in [0.1, 0.15) is 38.5 Å². The average Bonchev–Trinajstić information content (AvgIpc) is 2.97. The Morgan fingerprint density at radius 3 is 2.60 bits per heavy atom. The van der Waals surface area contributed by atoms with Gasteiger partial charge in [0.25, 0.3) is 0 Å². The predicted octanol–water partition coefficient (Wildman–Crippen LogP) is 3.35. The molecule has 0 heterocycles. The van der Waals surface area contributed by atoms with E-state index in [1.54, 1.807) is 0 Å². The minimum absolute atomic E-state index is 0.294. The molecule has 108 valence electrons. The van der Waals surface area contributed by atoms with Crippen molar-refractivity contribution in [3.05, 3.63) is 30.3 Å². The van der Waals surface area contributed by atoms with E-state index in [-0.39, 0.29) is 6.10 Å². The zero-order valence-electron chi connectivity index (χ0n) is 12.0. The number of nitriles is 1. The highest BCUT2D eigenvalue weighted by molar-refractivity contribution is 5.46. The van der Waals surface area contributed by atoms with Gasteiger partial charge in [-0.2, -0.15) is 5.26 Å². The van der Waals surface area contributed by atoms with Gasteiger partial charge in [-0.15, -0.1) is 0 Å². The van der Waals surface area contributed by atoms with E-state index in [0.29, 0.717) is 25.4 Å². The highest BCUT2D eigenvalue weighted by atomic mass is 16.3. The molecule has 0 saturated heterocycles. The summed E-state index contributed by atoms with van der Waals surface area (Å²) in [5, 5.41) is 19.1. The fraction of sp³-hybridized carbons (Fsp3) is 0.588. The molecule has 1 saturated carbocycles. The summed E-state index contributed by atoms with van der Waals surface area (Å²) in [5.74, 6) is 0.693. The van der Waals surface area contributed by atoms with E-state index in [4.69, 9.17) is 5.26 Å². The maximum absolute atomic E-state index is 10.3. The van der Waals surface area contributed by atoms with Gasteiger partial charge in [-0.1, -0.05) is 43.9 Å². The molecule has 1 aliphatic carbocycles. The second kappa shape index (κ2) is 7.91. The molecule has 0 aliphatic heterocycles. The molecule has 3 nitrogen and oxygen atoms in total. The van der Waals surface area contributed by atoms with Crippen LogP contribution in [0, 0.1) is 17.2 Å². The minimum atomic E-state index is -0.294. The first-order chi connectivity index (χ1) is 9.79. The molecule has 0 spiro atoms. The van der Waals surface area contributed by atoms with E-state index in [1.165, 1.54) is 25.7 Å². The Morgan fingerprint density at radius 1 is 1.25 bits per heavy atom. The van der Waals surface area contributed by atoms with Crippen LogP contribution in [0.25, 0.3) is 0 Å². The SMILES string of the molecule is N#CCCN(CC(O)CC1CCCC1)c1ccccc1. The molecule has 1 N–H and O–H groups in total. The van der Waals surface area contributed by atoms with Crippen LogP contribution in [0.2, 0.25) is 0 Å². The molecule has 1 aromatic rings. The van der Waals surface area contributed by atoms with Crippen molar-refractivity contribution in [2.75, 3.05) is 18.0 Å². The maximum Gasteiger partial charge on any atom is 0.0717 e. The highest BCUT2D eigenvalue weighted by Gasteiger charge is 2.20. The average molecular weight is 272 g/mol. The molecule has 0 bridgehead atoms. The van der Waals surface area contributed by atoms with Crippen LogP contribution in [-0.2, 0) is 0 Å². The summed E-state index contributed by atoms with van der Waals surface area (Å²) in [5.41, 5.74) is 1.09. The Hall–Kier alpha value is -1.53. The lowest BCUT2D eigenvalue weighted by molar-refractivity contribution is 0.148. The van der Waals surface area contributed by atoms with Gasteiger partial charge in [-0.25, -0.2) is 0 Å². The topological polar surface area (TPSA) is 47.3 Å². The highest BCUT2D eigenvalue weighted by Crippen LogP contribution is 2.29. The quantitative estimate of drug-likeness (QED) is 0.828. The molecular formula is C17H24N2O. The molecule has 1 aliphatic rings. The van der Waals surface area contributed by atoms with Crippen LogP contribution >= 0.6 is 0 Å². The van der Waals surface area contributed by atoms with E-state index in [2.05, 4.69) is 11.0 Å². The second-order valence-electron chi connectivity index (χ2n) is 5.73. The molecule has 0 radical (unpaired) electrons. The van der Waals surface area contributed by atoms with Gasteiger partial charge in [0.2, 0.25) is 0 Å². The Bertz CT molecular complexity index is 420. The van der Waals surface area contributed by atoms with Crippen molar-refractivity contribution < 1.29 is 5.11 Å². The van der Waals surface area contributed by atoms with Crippen molar-refractivity contribution in [3.8, 4) is 6.07 Å². The minimum Gasteiger partial charge on any atom is -0.391 e. The van der Waals surface area contributed by atoms with Crippen LogP contribution in [0.3, 0.4) is 0 Å². The number of aliphatic hydroxyl groups is 1. The Kier molecular flexibility index (Phi) is 5.88. The molecule has 0 aromatic heterocycles. The van der Waals surface area contributed by atoms with Crippen molar-refractivity contribution in [2.24, 2.45) is 5.92 Å². The van der Waals surface area contributed by atoms with Crippen LogP contribution in [0.5, 0.6) is 0 Å². The normalized spacial score (nSPS) is 16.8. The lowest BCUT2D eigenvalue weighted by Crippen LogP contribution is -2.34. The summed E-state index contributed by atoms with van der Waals surface area (Å²) >= 11 is 0. The number of anilines is 1. The van der Waals surface area contributed by atoms with Crippen molar-refractivity contribution in [2.45, 2.75) is 44.6 Å². The fourth-order valence-corrected chi connectivity index (χ4v) is 3.11. The lowest BCUT2D eigenvalue weighted by atomic mass is 9.99. The van der Waals surface area contributed by atoms with Crippen molar-refractivity contribution in [1.29, 1.82) is 5.26 Å².